The van der Waals surface area contributed by atoms with Crippen molar-refractivity contribution in [3.63, 3.8) is 0 Å². The smallest absolute Gasteiger partial charge is 0.472 e. The highest BCUT2D eigenvalue weighted by Gasteiger charge is 2.56. The van der Waals surface area contributed by atoms with Crippen LogP contribution in [0.15, 0.2) is 73.5 Å². The Kier molecular flexibility index (Phi) is 11.1. The Bertz CT molecular complexity index is 2330. The van der Waals surface area contributed by atoms with Gasteiger partial charge < -0.3 is 40.5 Å². The Morgan fingerprint density at radius 3 is 2.34 bits per heavy atom. The van der Waals surface area contributed by atoms with E-state index in [4.69, 9.17) is 33.3 Å². The van der Waals surface area contributed by atoms with Gasteiger partial charge in [0.25, 0.3) is 0 Å². The van der Waals surface area contributed by atoms with Crippen molar-refractivity contribution >= 4 is 54.7 Å². The van der Waals surface area contributed by atoms with Crippen molar-refractivity contribution in [2.24, 2.45) is 0 Å². The number of phosphoric acid groups is 1. The number of ether oxygens (including phenoxy) is 2. The molecule has 58 heavy (non-hydrogen) atoms. The van der Waals surface area contributed by atoms with E-state index < -0.39 is 89.3 Å². The molecule has 4 aliphatic rings. The van der Waals surface area contributed by atoms with Gasteiger partial charge in [-0.15, -0.1) is 0 Å². The van der Waals surface area contributed by atoms with Crippen LogP contribution in [-0.2, 0) is 47.2 Å². The summed E-state index contributed by atoms with van der Waals surface area (Å²) in [6, 6.07) is 11.9. The summed E-state index contributed by atoms with van der Waals surface area (Å²) in [5.74, 6) is -1.16. The lowest BCUT2D eigenvalue weighted by Gasteiger charge is -2.37. The second-order valence-electron chi connectivity index (χ2n) is 13.2. The van der Waals surface area contributed by atoms with Gasteiger partial charge in [0, 0.05) is 29.2 Å². The maximum Gasteiger partial charge on any atom is 0.472 e. The summed E-state index contributed by atoms with van der Waals surface area (Å²) in [4.78, 5) is 48.6. The van der Waals surface area contributed by atoms with E-state index in [-0.39, 0.29) is 34.3 Å². The van der Waals surface area contributed by atoms with Crippen LogP contribution in [0.25, 0.3) is 11.2 Å². The lowest BCUT2D eigenvalue weighted by molar-refractivity contribution is -0.151. The van der Waals surface area contributed by atoms with Gasteiger partial charge in [-0.1, -0.05) is 24.3 Å². The number of aliphatic hydroxyl groups is 1. The van der Waals surface area contributed by atoms with Gasteiger partial charge in [-0.05, 0) is 41.2 Å². The van der Waals surface area contributed by atoms with Gasteiger partial charge in [0.15, 0.2) is 42.0 Å². The molecule has 6 N–H and O–H groups in total. The first kappa shape index (κ1) is 40.4. The number of carbonyl (C=O) groups excluding carboxylic acids is 2. The van der Waals surface area contributed by atoms with Crippen molar-refractivity contribution in [3.8, 4) is 5.75 Å². The first-order chi connectivity index (χ1) is 27.7. The van der Waals surface area contributed by atoms with Crippen molar-refractivity contribution in [2.45, 2.75) is 61.3 Å². The maximum atomic E-state index is 16.4. The molecule has 0 radical (unpaired) electrons. The molecule has 3 saturated heterocycles. The van der Waals surface area contributed by atoms with E-state index in [0.717, 1.165) is 34.4 Å². The monoisotopic (exact) mass is 867 g/mol. The lowest BCUT2D eigenvalue weighted by atomic mass is 10.0. The SMILES string of the molecule is Nc1ncnc2c1ncn2[C@@H]1O[C@@H]2COP(=O)(SCc3ccc(C(=O)c4ccc(O)cc4)cc3)O[C@@H]3[C@H](F)[C@@H](COP(=O)(O)O[C@H]2[C@H]1F)O[C@H]3N1C=CC(=O)NC1O. The molecule has 4 aliphatic heterocycles. The number of phenolic OH excluding ortho intramolecular Hbond substituents is 1. The summed E-state index contributed by atoms with van der Waals surface area (Å²) >= 11 is 0.583. The summed E-state index contributed by atoms with van der Waals surface area (Å²) in [7, 11) is -5.25. The molecule has 0 saturated carbocycles. The summed E-state index contributed by atoms with van der Waals surface area (Å²) in [5, 5.41) is 22.4. The highest BCUT2D eigenvalue weighted by atomic mass is 32.7. The normalized spacial score (nSPS) is 34.2. The minimum atomic E-state index is -5.25. The number of amides is 1. The fourth-order valence-electron chi connectivity index (χ4n) is 6.57. The van der Waals surface area contributed by atoms with E-state index in [1.54, 1.807) is 12.1 Å². The Morgan fingerprint density at radius 1 is 0.931 bits per heavy atom. The third-order valence-electron chi connectivity index (χ3n) is 9.48. The molecule has 2 bridgehead atoms. The van der Waals surface area contributed by atoms with Crippen molar-refractivity contribution in [2.75, 3.05) is 18.9 Å². The average Bonchev–Trinajstić information content (AvgIpc) is 3.86. The van der Waals surface area contributed by atoms with Crippen LogP contribution < -0.4 is 11.1 Å². The second kappa shape index (κ2) is 16.0. The molecule has 3 fully saturated rings. The summed E-state index contributed by atoms with van der Waals surface area (Å²) in [6.07, 6.45) is -12.2. The predicted molar refractivity (Wildman–Crippen MR) is 196 cm³/mol. The number of imidazole rings is 1. The van der Waals surface area contributed by atoms with Gasteiger partial charge >= 0.3 is 14.6 Å². The highest BCUT2D eigenvalue weighted by molar-refractivity contribution is 8.54. The number of nitrogens with two attached hydrogens (primary N) is 1. The van der Waals surface area contributed by atoms with E-state index in [0.29, 0.717) is 28.1 Å². The Labute approximate surface area is 330 Å². The van der Waals surface area contributed by atoms with Crippen molar-refractivity contribution in [3.05, 3.63) is 90.2 Å². The standard InChI is InChI=1S/C33H33F2N7O13P2S/c34-23-20-11-50-56(47,48)54-27-21(53-31(24(27)35)42-15-39-25-29(36)37-14-38-30(25)42)12-51-57(49,55-28(23)32(52-20)41-10-9-22(44)40-33(41)46)58-13-16-1-3-17(4-2-16)26(45)18-5-7-19(43)8-6-18/h1-10,14-15,20-21,23-24,27-28,31-33,43,46H,11-13H2,(H,40,44)(H,47,48)(H2,36,37,38)/t20-,21-,23-,24-,27-,28-,31-,32-,33?,57?/m1/s1. The van der Waals surface area contributed by atoms with Crippen LogP contribution in [0.4, 0.5) is 14.6 Å². The van der Waals surface area contributed by atoms with Gasteiger partial charge in [-0.25, -0.2) is 32.9 Å². The number of carbonyl (C=O) groups is 2. The van der Waals surface area contributed by atoms with E-state index in [9.17, 15) is 33.8 Å². The number of rotatable bonds is 7. The number of alkyl halides is 2. The maximum absolute atomic E-state index is 16.4. The first-order valence-electron chi connectivity index (χ1n) is 17.3. The minimum Gasteiger partial charge on any atom is -0.508 e. The molecule has 0 spiro atoms. The number of halogens is 2. The number of nitrogen functional groups attached to an aromatic ring is 1. The van der Waals surface area contributed by atoms with Crippen LogP contribution in [0.3, 0.4) is 0 Å². The molecule has 308 valence electrons. The molecule has 25 heteroatoms. The lowest BCUT2D eigenvalue weighted by Crippen LogP contribution is -2.55. The van der Waals surface area contributed by atoms with Crippen LogP contribution in [0.5, 0.6) is 5.75 Å². The van der Waals surface area contributed by atoms with Crippen molar-refractivity contribution in [1.29, 1.82) is 0 Å². The molecular weight excluding hydrogens is 834 g/mol. The van der Waals surface area contributed by atoms with Gasteiger partial charge in [0.05, 0.1) is 19.5 Å². The van der Waals surface area contributed by atoms with Crippen LogP contribution in [-0.4, -0.2) is 114 Å². The van der Waals surface area contributed by atoms with E-state index >= 15 is 8.78 Å². The molecule has 2 aromatic heterocycles. The zero-order chi connectivity index (χ0) is 40.9. The molecule has 0 aliphatic carbocycles. The van der Waals surface area contributed by atoms with Gasteiger partial charge in [-0.3, -0.25) is 32.3 Å². The number of nitrogens with one attached hydrogen (secondary N) is 1. The van der Waals surface area contributed by atoms with Gasteiger partial charge in [0.2, 0.25) is 12.3 Å². The van der Waals surface area contributed by atoms with Crippen LogP contribution >= 0.6 is 26.0 Å². The molecule has 2 aromatic carbocycles. The average molecular weight is 868 g/mol. The van der Waals surface area contributed by atoms with Crippen LogP contribution in [0.2, 0.25) is 0 Å². The minimum absolute atomic E-state index is 0.00737. The highest BCUT2D eigenvalue weighted by Crippen LogP contribution is 2.64. The van der Waals surface area contributed by atoms with Crippen molar-refractivity contribution < 1.29 is 70.2 Å². The fourth-order valence-corrected chi connectivity index (χ4v) is 10.9. The third-order valence-corrected chi connectivity index (χ3v) is 14.1. The topological polar surface area (TPSA) is 269 Å². The molecule has 1 amide bonds. The number of anilines is 1. The molecule has 20 nitrogen and oxygen atoms in total. The van der Waals surface area contributed by atoms with Gasteiger partial charge in [-0.2, -0.15) is 0 Å². The Balaban J connectivity index is 1.10. The summed E-state index contributed by atoms with van der Waals surface area (Å²) in [6.45, 7) is -6.45. The predicted octanol–water partition coefficient (Wildman–Crippen LogP) is 2.82. The number of aliphatic hydroxyl groups excluding tert-OH is 1. The number of fused-ring (bicyclic) bond motifs is 4. The number of hydrogen-bond acceptors (Lipinski definition) is 18. The number of nitrogens with zero attached hydrogens (tertiary/aromatic N) is 5. The molecule has 8 rings (SSSR count). The molecule has 3 unspecified atom stereocenters. The molecule has 6 heterocycles. The van der Waals surface area contributed by atoms with Crippen LogP contribution in [0.1, 0.15) is 27.7 Å². The third kappa shape index (κ3) is 8.12. The molecule has 11 atom stereocenters. The zero-order valence-corrected chi connectivity index (χ0v) is 32.1. The van der Waals surface area contributed by atoms with Crippen LogP contribution in [0, 0.1) is 0 Å². The van der Waals surface area contributed by atoms with E-state index in [1.165, 1.54) is 36.4 Å². The second-order valence-corrected chi connectivity index (χ2v) is 18.7. The largest absolute Gasteiger partial charge is 0.508 e. The number of phosphoric ester groups is 1. The molecular formula is C33H33F2N7O13P2S. The quantitative estimate of drug-likeness (QED) is 0.132. The number of aromatic nitrogens is 4. The first-order valence-corrected chi connectivity index (χ1v) is 21.9. The van der Waals surface area contributed by atoms with E-state index in [2.05, 4.69) is 20.3 Å². The number of ketones is 1. The summed E-state index contributed by atoms with van der Waals surface area (Å²) in [5.41, 5.74) is 7.20. The number of benzene rings is 2. The number of aromatic hydroxyl groups is 1. The van der Waals surface area contributed by atoms with E-state index in [1.807, 2.05) is 0 Å². The Morgan fingerprint density at radius 2 is 1.62 bits per heavy atom. The van der Waals surface area contributed by atoms with Crippen molar-refractivity contribution in [1.82, 2.24) is 29.7 Å². The Hall–Kier alpha value is -4.38. The molecule has 4 aromatic rings. The summed E-state index contributed by atoms with van der Waals surface area (Å²) < 4.78 is 95.8. The number of phenols is 1. The number of hydrogen-bond donors (Lipinski definition) is 5. The fraction of sp³-hybridized carbons (Fsp3) is 0.364. The van der Waals surface area contributed by atoms with Gasteiger partial charge in [0.1, 0.15) is 42.0 Å². The zero-order valence-electron chi connectivity index (χ0n) is 29.5.